The number of hydrogen-bond acceptors (Lipinski definition) is 5. The Labute approximate surface area is 142 Å². The molecule has 1 N–H and O–H groups in total. The van der Waals surface area contributed by atoms with Crippen LogP contribution < -0.4 is 10.2 Å². The van der Waals surface area contributed by atoms with Gasteiger partial charge in [-0.05, 0) is 39.2 Å². The number of furan rings is 1. The number of anilines is 1. The number of nitrogens with one attached hydrogen (secondary N) is 1. The highest BCUT2D eigenvalue weighted by Gasteiger charge is 2.23. The summed E-state index contributed by atoms with van der Waals surface area (Å²) in [5.41, 5.74) is 1.69. The largest absolute Gasteiger partial charge is 0.469 e. The molecular weight excluding hydrogens is 304 g/mol. The molecule has 1 amide bonds. The van der Waals surface area contributed by atoms with Crippen LogP contribution in [0, 0.1) is 13.8 Å². The highest BCUT2D eigenvalue weighted by Crippen LogP contribution is 2.20. The third-order valence-electron chi connectivity index (χ3n) is 4.50. The Balaban J connectivity index is 1.59. The van der Waals surface area contributed by atoms with Crippen molar-refractivity contribution < 1.29 is 9.21 Å². The van der Waals surface area contributed by atoms with Gasteiger partial charge in [0.1, 0.15) is 17.4 Å². The average Bonchev–Trinajstić information content (AvgIpc) is 3.01. The summed E-state index contributed by atoms with van der Waals surface area (Å²) < 4.78 is 5.20. The highest BCUT2D eigenvalue weighted by atomic mass is 16.3. The third-order valence-corrected chi connectivity index (χ3v) is 4.50. The maximum absolute atomic E-state index is 12.3. The average molecular weight is 328 g/mol. The molecule has 1 aliphatic rings. The molecule has 1 aliphatic heterocycles. The van der Waals surface area contributed by atoms with E-state index in [-0.39, 0.29) is 11.9 Å². The predicted octanol–water partition coefficient (Wildman–Crippen LogP) is 2.65. The van der Waals surface area contributed by atoms with Crippen LogP contribution in [0.2, 0.25) is 0 Å². The number of aromatic nitrogens is 2. The first kappa shape index (κ1) is 16.5. The fourth-order valence-corrected chi connectivity index (χ4v) is 3.09. The number of piperidine rings is 1. The van der Waals surface area contributed by atoms with Crippen molar-refractivity contribution in [3.05, 3.63) is 41.2 Å². The number of carbonyl (C=O) groups is 1. The predicted molar refractivity (Wildman–Crippen MR) is 92.3 cm³/mol. The first-order valence-electron chi connectivity index (χ1n) is 8.51. The van der Waals surface area contributed by atoms with Crippen LogP contribution in [0.5, 0.6) is 0 Å². The van der Waals surface area contributed by atoms with Crippen LogP contribution in [0.3, 0.4) is 0 Å². The smallest absolute Gasteiger partial charge is 0.255 e. The molecule has 0 aromatic carbocycles. The molecule has 6 nitrogen and oxygen atoms in total. The lowest BCUT2D eigenvalue weighted by Crippen LogP contribution is -2.45. The zero-order valence-electron chi connectivity index (χ0n) is 14.5. The van der Waals surface area contributed by atoms with Gasteiger partial charge < -0.3 is 14.6 Å². The lowest BCUT2D eigenvalue weighted by atomic mass is 10.0. The second kappa shape index (κ2) is 7.03. The minimum Gasteiger partial charge on any atom is -0.469 e. The SMILES string of the molecule is CCc1cc(N2CCC(NC(=O)c3ccoc3C)CC2)nc(C)n1. The van der Waals surface area contributed by atoms with Crippen molar-refractivity contribution in [3.8, 4) is 0 Å². The minimum absolute atomic E-state index is 0.0501. The van der Waals surface area contributed by atoms with Gasteiger partial charge in [0.25, 0.3) is 5.91 Å². The van der Waals surface area contributed by atoms with Crippen LogP contribution in [0.25, 0.3) is 0 Å². The van der Waals surface area contributed by atoms with Gasteiger partial charge in [0.15, 0.2) is 0 Å². The Morgan fingerprint density at radius 2 is 2.08 bits per heavy atom. The zero-order valence-corrected chi connectivity index (χ0v) is 14.5. The Hall–Kier alpha value is -2.37. The molecule has 0 aliphatic carbocycles. The van der Waals surface area contributed by atoms with E-state index >= 15 is 0 Å². The fraction of sp³-hybridized carbons (Fsp3) is 0.500. The van der Waals surface area contributed by atoms with E-state index in [1.807, 2.05) is 6.92 Å². The van der Waals surface area contributed by atoms with Crippen LogP contribution in [0.15, 0.2) is 22.8 Å². The fourth-order valence-electron chi connectivity index (χ4n) is 3.09. The van der Waals surface area contributed by atoms with E-state index in [1.165, 1.54) is 0 Å². The summed E-state index contributed by atoms with van der Waals surface area (Å²) in [5.74, 6) is 2.42. The van der Waals surface area contributed by atoms with Gasteiger partial charge in [-0.1, -0.05) is 6.92 Å². The third kappa shape index (κ3) is 3.58. The molecule has 0 atom stereocenters. The van der Waals surface area contributed by atoms with E-state index in [2.05, 4.69) is 33.2 Å². The molecule has 0 bridgehead atoms. The molecular formula is C18H24N4O2. The van der Waals surface area contributed by atoms with Crippen molar-refractivity contribution in [1.82, 2.24) is 15.3 Å². The Morgan fingerprint density at radius 1 is 1.33 bits per heavy atom. The molecule has 0 spiro atoms. The van der Waals surface area contributed by atoms with Gasteiger partial charge in [-0.2, -0.15) is 0 Å². The molecule has 0 radical (unpaired) electrons. The van der Waals surface area contributed by atoms with Crippen LogP contribution >= 0.6 is 0 Å². The van der Waals surface area contributed by atoms with Crippen molar-refractivity contribution in [2.45, 2.75) is 46.1 Å². The number of aryl methyl sites for hydroxylation is 3. The van der Waals surface area contributed by atoms with Crippen LogP contribution in [0.1, 0.15) is 47.4 Å². The van der Waals surface area contributed by atoms with Crippen molar-refractivity contribution in [1.29, 1.82) is 0 Å². The number of amides is 1. The first-order valence-corrected chi connectivity index (χ1v) is 8.51. The lowest BCUT2D eigenvalue weighted by Gasteiger charge is -2.33. The summed E-state index contributed by atoms with van der Waals surface area (Å²) in [6, 6.07) is 3.98. The molecule has 3 rings (SSSR count). The lowest BCUT2D eigenvalue weighted by molar-refractivity contribution is 0.0929. The summed E-state index contributed by atoms with van der Waals surface area (Å²) >= 11 is 0. The number of hydrogen-bond donors (Lipinski definition) is 1. The number of carbonyl (C=O) groups excluding carboxylic acids is 1. The molecule has 128 valence electrons. The van der Waals surface area contributed by atoms with Crippen molar-refractivity contribution in [2.75, 3.05) is 18.0 Å². The quantitative estimate of drug-likeness (QED) is 0.934. The van der Waals surface area contributed by atoms with Gasteiger partial charge in [-0.25, -0.2) is 9.97 Å². The molecule has 3 heterocycles. The summed E-state index contributed by atoms with van der Waals surface area (Å²) in [6.07, 6.45) is 4.28. The second-order valence-corrected chi connectivity index (χ2v) is 6.24. The van der Waals surface area contributed by atoms with Crippen molar-refractivity contribution in [2.24, 2.45) is 0 Å². The van der Waals surface area contributed by atoms with Crippen LogP contribution in [0.4, 0.5) is 5.82 Å². The summed E-state index contributed by atoms with van der Waals surface area (Å²) in [6.45, 7) is 7.61. The molecule has 0 unspecified atom stereocenters. The van der Waals surface area contributed by atoms with Crippen molar-refractivity contribution >= 4 is 11.7 Å². The van der Waals surface area contributed by atoms with E-state index < -0.39 is 0 Å². The maximum Gasteiger partial charge on any atom is 0.255 e. The van der Waals surface area contributed by atoms with E-state index in [0.717, 1.165) is 49.7 Å². The monoisotopic (exact) mass is 328 g/mol. The minimum atomic E-state index is -0.0501. The zero-order chi connectivity index (χ0) is 17.1. The number of nitrogens with zero attached hydrogens (tertiary/aromatic N) is 3. The Bertz CT molecular complexity index is 718. The summed E-state index contributed by atoms with van der Waals surface area (Å²) in [7, 11) is 0. The first-order chi connectivity index (χ1) is 11.6. The normalized spacial score (nSPS) is 15.5. The Kier molecular flexibility index (Phi) is 4.83. The van der Waals surface area contributed by atoms with Crippen LogP contribution in [-0.4, -0.2) is 35.0 Å². The highest BCUT2D eigenvalue weighted by molar-refractivity contribution is 5.95. The van der Waals surface area contributed by atoms with Crippen molar-refractivity contribution in [3.63, 3.8) is 0 Å². The topological polar surface area (TPSA) is 71.3 Å². The van der Waals surface area contributed by atoms with Gasteiger partial charge in [0.2, 0.25) is 0 Å². The Morgan fingerprint density at radius 3 is 2.71 bits per heavy atom. The standard InChI is InChI=1S/C18H24N4O2/c1-4-14-11-17(20-13(3)19-14)22-8-5-15(6-9-22)21-18(23)16-7-10-24-12(16)2/h7,10-11,15H,4-6,8-9H2,1-3H3,(H,21,23). The maximum atomic E-state index is 12.3. The second-order valence-electron chi connectivity index (χ2n) is 6.24. The van der Waals surface area contributed by atoms with Gasteiger partial charge >= 0.3 is 0 Å². The van der Waals surface area contributed by atoms with E-state index in [4.69, 9.17) is 4.42 Å². The van der Waals surface area contributed by atoms with Crippen LogP contribution in [-0.2, 0) is 6.42 Å². The number of rotatable bonds is 4. The molecule has 1 fully saturated rings. The molecule has 6 heteroatoms. The van der Waals surface area contributed by atoms with Gasteiger partial charge in [-0.15, -0.1) is 0 Å². The van der Waals surface area contributed by atoms with E-state index in [9.17, 15) is 4.79 Å². The summed E-state index contributed by atoms with van der Waals surface area (Å²) in [4.78, 5) is 23.5. The van der Waals surface area contributed by atoms with Gasteiger partial charge in [0, 0.05) is 30.9 Å². The molecule has 1 saturated heterocycles. The van der Waals surface area contributed by atoms with E-state index in [0.29, 0.717) is 11.3 Å². The molecule has 2 aromatic rings. The molecule has 2 aromatic heterocycles. The molecule has 24 heavy (non-hydrogen) atoms. The van der Waals surface area contributed by atoms with Gasteiger partial charge in [-0.3, -0.25) is 4.79 Å². The van der Waals surface area contributed by atoms with Gasteiger partial charge in [0.05, 0.1) is 11.8 Å². The van der Waals surface area contributed by atoms with E-state index in [1.54, 1.807) is 19.3 Å². The summed E-state index contributed by atoms with van der Waals surface area (Å²) in [5, 5.41) is 3.11. The molecule has 0 saturated carbocycles.